The molecule has 3 atom stereocenters. The second-order valence-electron chi connectivity index (χ2n) is 10.8. The monoisotopic (exact) mass is 628 g/mol. The summed E-state index contributed by atoms with van der Waals surface area (Å²) in [5.41, 5.74) is -0.481. The van der Waals surface area contributed by atoms with Crippen LogP contribution in [0.15, 0.2) is 30.6 Å². The first-order valence-corrected chi connectivity index (χ1v) is 14.9. The molecule has 238 valence electrons. The van der Waals surface area contributed by atoms with E-state index in [-0.39, 0.29) is 60.9 Å². The van der Waals surface area contributed by atoms with E-state index >= 15 is 0 Å². The fourth-order valence-electron chi connectivity index (χ4n) is 5.30. The zero-order valence-electron chi connectivity index (χ0n) is 25.2. The number of aromatic nitrogens is 2. The Morgan fingerprint density at radius 1 is 1.09 bits per heavy atom. The molecule has 0 N–H and O–H groups in total. The minimum absolute atomic E-state index is 0.0227. The number of methoxy groups -OCH3 is 1. The molecule has 1 aromatic heterocycles. The van der Waals surface area contributed by atoms with Crippen LogP contribution >= 0.6 is 11.6 Å². The van der Waals surface area contributed by atoms with Gasteiger partial charge in [-0.15, -0.1) is 0 Å². The molecular weight excluding hydrogens is 589 g/mol. The summed E-state index contributed by atoms with van der Waals surface area (Å²) in [6.45, 7) is 7.92. The molecule has 9 nitrogen and oxygen atoms in total. The van der Waals surface area contributed by atoms with Crippen molar-refractivity contribution in [3.63, 3.8) is 0 Å². The number of alkyl halides is 3. The van der Waals surface area contributed by atoms with E-state index in [1.807, 2.05) is 23.6 Å². The van der Waals surface area contributed by atoms with E-state index in [4.69, 9.17) is 21.1 Å². The average molecular weight is 629 g/mol. The second-order valence-corrected chi connectivity index (χ2v) is 11.2. The van der Waals surface area contributed by atoms with E-state index in [0.29, 0.717) is 49.4 Å². The van der Waals surface area contributed by atoms with Crippen molar-refractivity contribution in [2.45, 2.75) is 103 Å². The molecule has 1 aliphatic rings. The molecule has 1 aromatic carbocycles. The molecule has 1 aliphatic heterocycles. The topological polar surface area (TPSA) is 94.1 Å². The lowest BCUT2D eigenvalue weighted by molar-refractivity contribution is -0.141. The molecule has 3 rings (SSSR count). The minimum Gasteiger partial charge on any atom is -0.490 e. The SMILES string of the molecule is CC[C@@H]1CC(N(Cc2cc(Cl)cc(C(F)(F)F)c2)c2ncc(OCCCC(=O)OC)cn2)C[C@H](CC)N1C(=O)OC(C)C. The second kappa shape index (κ2) is 15.4. The summed E-state index contributed by atoms with van der Waals surface area (Å²) < 4.78 is 56.7. The van der Waals surface area contributed by atoms with Crippen molar-refractivity contribution in [3.05, 3.63) is 46.7 Å². The Bertz CT molecular complexity index is 1200. The third kappa shape index (κ3) is 9.61. The Morgan fingerprint density at radius 3 is 2.26 bits per heavy atom. The first-order valence-electron chi connectivity index (χ1n) is 14.5. The van der Waals surface area contributed by atoms with Crippen LogP contribution in [0.2, 0.25) is 5.02 Å². The lowest BCUT2D eigenvalue weighted by Crippen LogP contribution is -2.57. The van der Waals surface area contributed by atoms with Gasteiger partial charge in [0.2, 0.25) is 5.95 Å². The highest BCUT2D eigenvalue weighted by atomic mass is 35.5. The quantitative estimate of drug-likeness (QED) is 0.182. The molecule has 1 unspecified atom stereocenters. The van der Waals surface area contributed by atoms with E-state index in [0.717, 1.165) is 12.1 Å². The fourth-order valence-corrected chi connectivity index (χ4v) is 5.56. The number of amides is 1. The van der Waals surface area contributed by atoms with Crippen molar-refractivity contribution in [2.24, 2.45) is 0 Å². The maximum absolute atomic E-state index is 13.6. The van der Waals surface area contributed by atoms with Crippen LogP contribution in [0, 0.1) is 0 Å². The summed E-state index contributed by atoms with van der Waals surface area (Å²) in [6, 6.07) is 2.99. The summed E-state index contributed by atoms with van der Waals surface area (Å²) in [5.74, 6) is 0.364. The van der Waals surface area contributed by atoms with Crippen LogP contribution in [0.4, 0.5) is 23.9 Å². The lowest BCUT2D eigenvalue weighted by atomic mass is 9.87. The number of esters is 1. The molecule has 1 fully saturated rings. The molecule has 1 saturated heterocycles. The number of nitrogens with zero attached hydrogens (tertiary/aromatic N) is 4. The number of carbonyl (C=O) groups is 2. The highest BCUT2D eigenvalue weighted by molar-refractivity contribution is 6.30. The van der Waals surface area contributed by atoms with Crippen LogP contribution in [0.1, 0.15) is 77.3 Å². The average Bonchev–Trinajstić information content (AvgIpc) is 2.96. The molecule has 13 heteroatoms. The Kier molecular flexibility index (Phi) is 12.3. The predicted molar refractivity (Wildman–Crippen MR) is 156 cm³/mol. The van der Waals surface area contributed by atoms with Gasteiger partial charge in [-0.3, -0.25) is 4.79 Å². The van der Waals surface area contributed by atoms with Crippen molar-refractivity contribution >= 4 is 29.6 Å². The van der Waals surface area contributed by atoms with Gasteiger partial charge in [0, 0.05) is 36.1 Å². The van der Waals surface area contributed by atoms with Gasteiger partial charge in [0.1, 0.15) is 0 Å². The standard InChI is InChI=1S/C30H40ClF3N4O5/c1-6-23-14-25(15-24(7-2)38(23)29(40)43-19(3)4)37(18-20-11-21(30(32,33)34)13-22(31)12-20)28-35-16-26(17-36-28)42-10-8-9-27(39)41-5/h11-13,16-17,19,23-25H,6-10,14-15,18H2,1-5H3/t23-,24+,25?. The summed E-state index contributed by atoms with van der Waals surface area (Å²) in [7, 11) is 1.32. The molecule has 0 bridgehead atoms. The molecule has 0 spiro atoms. The van der Waals surface area contributed by atoms with Crippen LogP contribution in [0.3, 0.4) is 0 Å². The lowest BCUT2D eigenvalue weighted by Gasteiger charge is -2.47. The number of likely N-dealkylation sites (tertiary alicyclic amines) is 1. The van der Waals surface area contributed by atoms with E-state index in [2.05, 4.69) is 14.7 Å². The van der Waals surface area contributed by atoms with Crippen LogP contribution < -0.4 is 9.64 Å². The van der Waals surface area contributed by atoms with Crippen LogP contribution in [0.5, 0.6) is 5.75 Å². The minimum atomic E-state index is -4.56. The Labute approximate surface area is 255 Å². The van der Waals surface area contributed by atoms with Crippen LogP contribution in [-0.2, 0) is 27.0 Å². The molecule has 0 saturated carbocycles. The normalized spacial score (nSPS) is 18.8. The van der Waals surface area contributed by atoms with Gasteiger partial charge in [0.05, 0.1) is 37.8 Å². The van der Waals surface area contributed by atoms with Crippen molar-refractivity contribution in [1.82, 2.24) is 14.9 Å². The largest absolute Gasteiger partial charge is 0.490 e. The van der Waals surface area contributed by atoms with Gasteiger partial charge in [-0.2, -0.15) is 13.2 Å². The maximum Gasteiger partial charge on any atom is 0.416 e. The predicted octanol–water partition coefficient (Wildman–Crippen LogP) is 7.05. The van der Waals surface area contributed by atoms with Crippen molar-refractivity contribution < 1.29 is 37.0 Å². The van der Waals surface area contributed by atoms with Gasteiger partial charge in [-0.05, 0) is 69.7 Å². The third-order valence-electron chi connectivity index (χ3n) is 7.34. The summed E-state index contributed by atoms with van der Waals surface area (Å²) in [6.07, 6.45) is 0.887. The van der Waals surface area contributed by atoms with E-state index in [1.54, 1.807) is 13.8 Å². The number of hydrogen-bond donors (Lipinski definition) is 0. The molecule has 2 aromatic rings. The van der Waals surface area contributed by atoms with E-state index in [9.17, 15) is 22.8 Å². The third-order valence-corrected chi connectivity index (χ3v) is 7.55. The molecule has 1 amide bonds. The molecular formula is C30H40ClF3N4O5. The summed E-state index contributed by atoms with van der Waals surface area (Å²) in [5, 5.41) is -0.0227. The van der Waals surface area contributed by atoms with Gasteiger partial charge in [0.25, 0.3) is 0 Å². The van der Waals surface area contributed by atoms with Crippen LogP contribution in [-0.4, -0.2) is 64.9 Å². The zero-order valence-corrected chi connectivity index (χ0v) is 26.0. The molecule has 0 aliphatic carbocycles. The van der Waals surface area contributed by atoms with Crippen LogP contribution in [0.25, 0.3) is 0 Å². The highest BCUT2D eigenvalue weighted by Crippen LogP contribution is 2.36. The van der Waals surface area contributed by atoms with Crippen molar-refractivity contribution in [1.29, 1.82) is 0 Å². The van der Waals surface area contributed by atoms with Gasteiger partial charge in [-0.1, -0.05) is 25.4 Å². The molecule has 43 heavy (non-hydrogen) atoms. The first-order chi connectivity index (χ1) is 20.4. The maximum atomic E-state index is 13.6. The zero-order chi connectivity index (χ0) is 31.7. The Hall–Kier alpha value is -3.28. The van der Waals surface area contributed by atoms with E-state index < -0.39 is 11.7 Å². The Balaban J connectivity index is 1.92. The summed E-state index contributed by atoms with van der Waals surface area (Å²) in [4.78, 5) is 37.1. The summed E-state index contributed by atoms with van der Waals surface area (Å²) >= 11 is 6.11. The number of carbonyl (C=O) groups excluding carboxylic acids is 2. The number of piperidine rings is 1. The van der Waals surface area contributed by atoms with Gasteiger partial charge in [-0.25, -0.2) is 14.8 Å². The van der Waals surface area contributed by atoms with Crippen molar-refractivity contribution in [2.75, 3.05) is 18.6 Å². The number of hydrogen-bond acceptors (Lipinski definition) is 8. The number of ether oxygens (including phenoxy) is 3. The molecule has 2 heterocycles. The van der Waals surface area contributed by atoms with Crippen molar-refractivity contribution in [3.8, 4) is 5.75 Å². The Morgan fingerprint density at radius 2 is 1.72 bits per heavy atom. The highest BCUT2D eigenvalue weighted by Gasteiger charge is 2.41. The van der Waals surface area contributed by atoms with Gasteiger partial charge < -0.3 is 24.0 Å². The number of rotatable bonds is 12. The fraction of sp³-hybridized carbons (Fsp3) is 0.600. The number of anilines is 1. The number of benzene rings is 1. The van der Waals surface area contributed by atoms with E-state index in [1.165, 1.54) is 25.6 Å². The van der Waals surface area contributed by atoms with Gasteiger partial charge >= 0.3 is 18.2 Å². The first kappa shape index (κ1) is 34.2. The smallest absolute Gasteiger partial charge is 0.416 e. The molecule has 0 radical (unpaired) electrons. The van der Waals surface area contributed by atoms with Gasteiger partial charge in [0.15, 0.2) is 5.75 Å². The number of halogens is 4.